The summed E-state index contributed by atoms with van der Waals surface area (Å²) < 4.78 is 0. The molecule has 0 aromatic carbocycles. The summed E-state index contributed by atoms with van der Waals surface area (Å²) in [5.41, 5.74) is 0. The van der Waals surface area contributed by atoms with E-state index in [9.17, 15) is 4.79 Å². The van der Waals surface area contributed by atoms with Crippen LogP contribution in [-0.4, -0.2) is 62.0 Å². The molecule has 4 heteroatoms. The molecule has 2 aliphatic rings. The van der Waals surface area contributed by atoms with Crippen molar-refractivity contribution in [3.63, 3.8) is 0 Å². The van der Waals surface area contributed by atoms with Crippen LogP contribution in [0.25, 0.3) is 0 Å². The first-order valence-electron chi connectivity index (χ1n) is 8.93. The van der Waals surface area contributed by atoms with Crippen molar-refractivity contribution in [3.8, 4) is 0 Å². The van der Waals surface area contributed by atoms with Crippen LogP contribution in [0.1, 0.15) is 52.4 Å². The number of hydrogen-bond acceptors (Lipinski definition) is 3. The van der Waals surface area contributed by atoms with Gasteiger partial charge >= 0.3 is 0 Å². The zero-order chi connectivity index (χ0) is 15.5. The zero-order valence-corrected chi connectivity index (χ0v) is 14.4. The Morgan fingerprint density at radius 3 is 2.19 bits per heavy atom. The number of nitrogens with one attached hydrogen (secondary N) is 1. The largest absolute Gasteiger partial charge is 0.358 e. The minimum atomic E-state index is 0.145. The second kappa shape index (κ2) is 11.0. The Kier molecular flexibility index (Phi) is 9.68. The van der Waals surface area contributed by atoms with E-state index in [4.69, 9.17) is 0 Å². The Morgan fingerprint density at radius 2 is 1.62 bits per heavy atom. The fourth-order valence-corrected chi connectivity index (χ4v) is 3.26. The highest BCUT2D eigenvalue weighted by Gasteiger charge is 2.21. The standard InChI is InChI=1S/C15H29N3O.C2H6/c1-16-15(19)13-18-11-6-14(7-12-18)5-10-17-8-3-2-4-9-17;1-2/h14H,2-13H2,1H3,(H,16,19);1-2H3. The maximum Gasteiger partial charge on any atom is 0.233 e. The van der Waals surface area contributed by atoms with Gasteiger partial charge in [-0.25, -0.2) is 0 Å². The van der Waals surface area contributed by atoms with Gasteiger partial charge in [0.2, 0.25) is 5.91 Å². The minimum absolute atomic E-state index is 0.145. The molecule has 124 valence electrons. The van der Waals surface area contributed by atoms with Crippen LogP contribution in [0.15, 0.2) is 0 Å². The molecule has 0 aliphatic carbocycles. The van der Waals surface area contributed by atoms with Crippen molar-refractivity contribution in [2.75, 3.05) is 46.3 Å². The van der Waals surface area contributed by atoms with E-state index in [0.29, 0.717) is 6.54 Å². The van der Waals surface area contributed by atoms with Crippen molar-refractivity contribution in [1.82, 2.24) is 15.1 Å². The molecule has 0 spiro atoms. The zero-order valence-electron chi connectivity index (χ0n) is 14.4. The highest BCUT2D eigenvalue weighted by molar-refractivity contribution is 5.77. The summed E-state index contributed by atoms with van der Waals surface area (Å²) in [5, 5.41) is 2.70. The summed E-state index contributed by atoms with van der Waals surface area (Å²) in [7, 11) is 1.72. The molecule has 4 nitrogen and oxygen atoms in total. The molecular weight excluding hydrogens is 262 g/mol. The van der Waals surface area contributed by atoms with Crippen LogP contribution >= 0.6 is 0 Å². The van der Waals surface area contributed by atoms with E-state index in [-0.39, 0.29) is 5.91 Å². The molecule has 0 aromatic heterocycles. The second-order valence-electron chi connectivity index (χ2n) is 6.08. The molecule has 2 fully saturated rings. The van der Waals surface area contributed by atoms with Crippen molar-refractivity contribution in [1.29, 1.82) is 0 Å². The fraction of sp³-hybridized carbons (Fsp3) is 0.941. The minimum Gasteiger partial charge on any atom is -0.358 e. The predicted octanol–water partition coefficient (Wildman–Crippen LogP) is 2.35. The van der Waals surface area contributed by atoms with E-state index >= 15 is 0 Å². The first kappa shape index (κ1) is 18.4. The van der Waals surface area contributed by atoms with Gasteiger partial charge in [-0.15, -0.1) is 0 Å². The molecule has 0 atom stereocenters. The van der Waals surface area contributed by atoms with Crippen molar-refractivity contribution >= 4 is 5.91 Å². The first-order valence-corrected chi connectivity index (χ1v) is 8.93. The van der Waals surface area contributed by atoms with Crippen LogP contribution in [0.4, 0.5) is 0 Å². The van der Waals surface area contributed by atoms with Crippen LogP contribution in [0.5, 0.6) is 0 Å². The van der Waals surface area contributed by atoms with Crippen molar-refractivity contribution < 1.29 is 4.79 Å². The van der Waals surface area contributed by atoms with E-state index < -0.39 is 0 Å². The number of likely N-dealkylation sites (tertiary alicyclic amines) is 2. The van der Waals surface area contributed by atoms with Crippen LogP contribution in [0.2, 0.25) is 0 Å². The lowest BCUT2D eigenvalue weighted by atomic mass is 9.93. The number of piperidine rings is 2. The third-order valence-electron chi connectivity index (χ3n) is 4.66. The van der Waals surface area contributed by atoms with Crippen LogP contribution in [-0.2, 0) is 4.79 Å². The van der Waals surface area contributed by atoms with Gasteiger partial charge in [-0.3, -0.25) is 9.69 Å². The summed E-state index contributed by atoms with van der Waals surface area (Å²) in [6.45, 7) is 10.7. The molecule has 0 radical (unpaired) electrons. The normalized spacial score (nSPS) is 21.5. The van der Waals surface area contributed by atoms with Gasteiger partial charge in [-0.2, -0.15) is 0 Å². The Balaban J connectivity index is 0.00000106. The molecular formula is C17H35N3O. The molecule has 2 rings (SSSR count). The molecule has 0 bridgehead atoms. The summed E-state index contributed by atoms with van der Waals surface area (Å²) in [6.07, 6.45) is 8.10. The van der Waals surface area contributed by atoms with Gasteiger partial charge < -0.3 is 10.2 Å². The molecule has 2 heterocycles. The summed E-state index contributed by atoms with van der Waals surface area (Å²) in [5.74, 6) is 1.02. The number of carbonyl (C=O) groups is 1. The quantitative estimate of drug-likeness (QED) is 0.846. The van der Waals surface area contributed by atoms with E-state index in [1.54, 1.807) is 7.05 Å². The third kappa shape index (κ3) is 7.28. The lowest BCUT2D eigenvalue weighted by molar-refractivity contribution is -0.122. The van der Waals surface area contributed by atoms with Crippen molar-refractivity contribution in [3.05, 3.63) is 0 Å². The maximum absolute atomic E-state index is 11.3. The second-order valence-corrected chi connectivity index (χ2v) is 6.08. The maximum atomic E-state index is 11.3. The molecule has 0 aromatic rings. The SMILES string of the molecule is CC.CNC(=O)CN1CCC(CCN2CCCCC2)CC1. The van der Waals surface area contributed by atoms with Gasteiger partial charge in [0.05, 0.1) is 6.54 Å². The molecule has 1 amide bonds. The lowest BCUT2D eigenvalue weighted by Crippen LogP contribution is -2.41. The number of carbonyl (C=O) groups excluding carboxylic acids is 1. The highest BCUT2D eigenvalue weighted by Crippen LogP contribution is 2.21. The van der Waals surface area contributed by atoms with E-state index in [1.807, 2.05) is 13.8 Å². The number of likely N-dealkylation sites (N-methyl/N-ethyl adjacent to an activating group) is 1. The lowest BCUT2D eigenvalue weighted by Gasteiger charge is -2.33. The Morgan fingerprint density at radius 1 is 1.00 bits per heavy atom. The smallest absolute Gasteiger partial charge is 0.233 e. The van der Waals surface area contributed by atoms with Crippen molar-refractivity contribution in [2.45, 2.75) is 52.4 Å². The van der Waals surface area contributed by atoms with Crippen LogP contribution in [0.3, 0.4) is 0 Å². The summed E-state index contributed by atoms with van der Waals surface area (Å²) >= 11 is 0. The van der Waals surface area contributed by atoms with Gasteiger partial charge in [0, 0.05) is 7.05 Å². The van der Waals surface area contributed by atoms with Gasteiger partial charge in [-0.1, -0.05) is 20.3 Å². The molecule has 0 saturated carbocycles. The Hall–Kier alpha value is -0.610. The average molecular weight is 297 g/mol. The first-order chi connectivity index (χ1) is 10.3. The number of rotatable bonds is 5. The van der Waals surface area contributed by atoms with Gasteiger partial charge in [-0.05, 0) is 70.7 Å². The predicted molar refractivity (Wildman–Crippen MR) is 89.5 cm³/mol. The monoisotopic (exact) mass is 297 g/mol. The topological polar surface area (TPSA) is 35.6 Å². The molecule has 2 saturated heterocycles. The van der Waals surface area contributed by atoms with Crippen LogP contribution < -0.4 is 5.32 Å². The Bertz CT molecular complexity index is 269. The molecule has 2 aliphatic heterocycles. The van der Waals surface area contributed by atoms with Gasteiger partial charge in [0.1, 0.15) is 0 Å². The van der Waals surface area contributed by atoms with Gasteiger partial charge in [0.25, 0.3) is 0 Å². The van der Waals surface area contributed by atoms with E-state index in [2.05, 4.69) is 15.1 Å². The van der Waals surface area contributed by atoms with Crippen molar-refractivity contribution in [2.24, 2.45) is 5.92 Å². The van der Waals surface area contributed by atoms with Gasteiger partial charge in [0.15, 0.2) is 0 Å². The summed E-state index contributed by atoms with van der Waals surface area (Å²) in [4.78, 5) is 16.3. The molecule has 1 N–H and O–H groups in total. The van der Waals surface area contributed by atoms with E-state index in [0.717, 1.165) is 19.0 Å². The molecule has 21 heavy (non-hydrogen) atoms. The fourth-order valence-electron chi connectivity index (χ4n) is 3.26. The van der Waals surface area contributed by atoms with Crippen LogP contribution in [0, 0.1) is 5.92 Å². The third-order valence-corrected chi connectivity index (χ3v) is 4.66. The number of amides is 1. The average Bonchev–Trinajstić information content (AvgIpc) is 2.57. The number of nitrogens with zero attached hydrogens (tertiary/aromatic N) is 2. The Labute approximate surface area is 131 Å². The number of hydrogen-bond donors (Lipinski definition) is 1. The highest BCUT2D eigenvalue weighted by atomic mass is 16.1. The molecule has 0 unspecified atom stereocenters. The summed E-state index contributed by atoms with van der Waals surface area (Å²) in [6, 6.07) is 0. The van der Waals surface area contributed by atoms with E-state index in [1.165, 1.54) is 58.2 Å².